The van der Waals surface area contributed by atoms with Crippen LogP contribution >= 0.6 is 11.6 Å². The van der Waals surface area contributed by atoms with E-state index >= 15 is 0 Å². The van der Waals surface area contributed by atoms with E-state index in [1.807, 2.05) is 0 Å². The molecule has 0 unspecified atom stereocenters. The van der Waals surface area contributed by atoms with Crippen molar-refractivity contribution in [3.8, 4) is 11.8 Å². The van der Waals surface area contributed by atoms with Gasteiger partial charge in [0.1, 0.15) is 11.4 Å². The molecule has 0 aromatic heterocycles. The summed E-state index contributed by atoms with van der Waals surface area (Å²) in [5.74, 6) is 5.14. The van der Waals surface area contributed by atoms with Crippen molar-refractivity contribution in [3.05, 3.63) is 34.6 Å². The first-order valence-corrected chi connectivity index (χ1v) is 6.56. The van der Waals surface area contributed by atoms with Crippen molar-refractivity contribution in [2.24, 2.45) is 0 Å². The number of rotatable bonds is 2. The van der Waals surface area contributed by atoms with Gasteiger partial charge in [-0.1, -0.05) is 23.4 Å². The fraction of sp³-hybridized carbons (Fsp3) is 0.400. The number of nitrogens with one attached hydrogen (secondary N) is 1. The van der Waals surface area contributed by atoms with E-state index in [0.29, 0.717) is 18.5 Å². The molecule has 0 saturated heterocycles. The van der Waals surface area contributed by atoms with E-state index in [1.54, 1.807) is 26.8 Å². The number of benzene rings is 1. The Labute approximate surface area is 123 Å². The van der Waals surface area contributed by atoms with Crippen molar-refractivity contribution < 1.29 is 13.9 Å². The third-order valence-corrected chi connectivity index (χ3v) is 2.38. The first-order chi connectivity index (χ1) is 9.28. The van der Waals surface area contributed by atoms with Crippen LogP contribution < -0.4 is 5.32 Å². The molecule has 1 rings (SSSR count). The SMILES string of the molecule is CC(C)(C)OC(=O)NCCC#Cc1ccc(Cl)c(F)c1. The first-order valence-electron chi connectivity index (χ1n) is 6.19. The normalized spacial score (nSPS) is 10.4. The smallest absolute Gasteiger partial charge is 0.407 e. The molecule has 0 atom stereocenters. The van der Waals surface area contributed by atoms with Gasteiger partial charge in [0.2, 0.25) is 0 Å². The molecule has 5 heteroatoms. The van der Waals surface area contributed by atoms with Crippen molar-refractivity contribution in [1.82, 2.24) is 5.32 Å². The van der Waals surface area contributed by atoms with E-state index in [-0.39, 0.29) is 5.02 Å². The molecule has 0 bridgehead atoms. The molecule has 1 N–H and O–H groups in total. The van der Waals surface area contributed by atoms with E-state index in [0.717, 1.165) is 0 Å². The number of hydrogen-bond acceptors (Lipinski definition) is 2. The third kappa shape index (κ3) is 6.44. The van der Waals surface area contributed by atoms with Gasteiger partial charge in [0.25, 0.3) is 0 Å². The van der Waals surface area contributed by atoms with Gasteiger partial charge in [-0.2, -0.15) is 0 Å². The number of carbonyl (C=O) groups excluding carboxylic acids is 1. The molecule has 0 aliphatic carbocycles. The molecule has 1 aromatic rings. The molecule has 0 heterocycles. The minimum atomic E-state index is -0.517. The summed E-state index contributed by atoms with van der Waals surface area (Å²) in [6.07, 6.45) is -0.0272. The summed E-state index contributed by atoms with van der Waals surface area (Å²) in [4.78, 5) is 11.3. The van der Waals surface area contributed by atoms with Gasteiger partial charge in [0.15, 0.2) is 0 Å². The maximum Gasteiger partial charge on any atom is 0.407 e. The quantitative estimate of drug-likeness (QED) is 0.667. The van der Waals surface area contributed by atoms with Crippen LogP contribution in [0.5, 0.6) is 0 Å². The summed E-state index contributed by atoms with van der Waals surface area (Å²) >= 11 is 5.57. The molecule has 108 valence electrons. The Morgan fingerprint density at radius 2 is 2.15 bits per heavy atom. The van der Waals surface area contributed by atoms with Crippen LogP contribution in [0.2, 0.25) is 5.02 Å². The largest absolute Gasteiger partial charge is 0.444 e. The van der Waals surface area contributed by atoms with Gasteiger partial charge in [-0.15, -0.1) is 0 Å². The van der Waals surface area contributed by atoms with E-state index in [9.17, 15) is 9.18 Å². The zero-order valence-corrected chi connectivity index (χ0v) is 12.5. The third-order valence-electron chi connectivity index (χ3n) is 2.07. The van der Waals surface area contributed by atoms with Gasteiger partial charge < -0.3 is 10.1 Å². The number of ether oxygens (including phenoxy) is 1. The number of amides is 1. The topological polar surface area (TPSA) is 38.3 Å². The molecular weight excluding hydrogens is 281 g/mol. The highest BCUT2D eigenvalue weighted by Crippen LogP contribution is 2.14. The monoisotopic (exact) mass is 297 g/mol. The van der Waals surface area contributed by atoms with Gasteiger partial charge in [-0.05, 0) is 39.0 Å². The van der Waals surface area contributed by atoms with Gasteiger partial charge in [-0.3, -0.25) is 0 Å². The summed E-state index contributed by atoms with van der Waals surface area (Å²) in [6, 6.07) is 4.37. The lowest BCUT2D eigenvalue weighted by molar-refractivity contribution is 0.0529. The van der Waals surface area contributed by atoms with Crippen LogP contribution in [0.25, 0.3) is 0 Å². The van der Waals surface area contributed by atoms with Crippen LogP contribution in [0.3, 0.4) is 0 Å². The van der Waals surface area contributed by atoms with Crippen LogP contribution in [0.4, 0.5) is 9.18 Å². The standard InChI is InChI=1S/C15H17ClFNO2/c1-15(2,3)20-14(19)18-9-5-4-6-11-7-8-12(16)13(17)10-11/h7-8,10H,5,9H2,1-3H3,(H,18,19). The Hall–Kier alpha value is -1.73. The van der Waals surface area contributed by atoms with Crippen molar-refractivity contribution in [2.75, 3.05) is 6.54 Å². The Morgan fingerprint density at radius 3 is 2.75 bits per heavy atom. The van der Waals surface area contributed by atoms with Crippen molar-refractivity contribution in [3.63, 3.8) is 0 Å². The number of carbonyl (C=O) groups is 1. The lowest BCUT2D eigenvalue weighted by atomic mass is 10.2. The minimum Gasteiger partial charge on any atom is -0.444 e. The molecule has 0 aliphatic heterocycles. The summed E-state index contributed by atoms with van der Waals surface area (Å²) in [5.41, 5.74) is 0.0283. The van der Waals surface area contributed by atoms with Gasteiger partial charge >= 0.3 is 6.09 Å². The predicted octanol–water partition coefficient (Wildman–Crippen LogP) is 3.75. The lowest BCUT2D eigenvalue weighted by Gasteiger charge is -2.19. The highest BCUT2D eigenvalue weighted by atomic mass is 35.5. The second-order valence-corrected chi connectivity index (χ2v) is 5.52. The lowest BCUT2D eigenvalue weighted by Crippen LogP contribution is -2.32. The fourth-order valence-corrected chi connectivity index (χ4v) is 1.40. The first kappa shape index (κ1) is 16.3. The Morgan fingerprint density at radius 1 is 1.45 bits per heavy atom. The highest BCUT2D eigenvalue weighted by Gasteiger charge is 2.15. The summed E-state index contributed by atoms with van der Waals surface area (Å²) < 4.78 is 18.2. The van der Waals surface area contributed by atoms with Crippen LogP contribution in [-0.4, -0.2) is 18.2 Å². The van der Waals surface area contributed by atoms with Crippen LogP contribution in [0.15, 0.2) is 18.2 Å². The number of hydrogen-bond donors (Lipinski definition) is 1. The summed E-state index contributed by atoms with van der Waals surface area (Å²) in [7, 11) is 0. The molecule has 0 fully saturated rings. The average molecular weight is 298 g/mol. The predicted molar refractivity (Wildman–Crippen MR) is 77.1 cm³/mol. The summed E-state index contributed by atoms with van der Waals surface area (Å²) in [6.45, 7) is 5.75. The second-order valence-electron chi connectivity index (χ2n) is 5.11. The minimum absolute atomic E-state index is 0.0714. The Balaban J connectivity index is 2.36. The maximum atomic E-state index is 13.1. The number of alkyl carbamates (subject to hydrolysis) is 1. The van der Waals surface area contributed by atoms with Crippen molar-refractivity contribution in [2.45, 2.75) is 32.8 Å². The molecule has 0 radical (unpaired) electrons. The Bertz CT molecular complexity index is 541. The van der Waals surface area contributed by atoms with Crippen molar-refractivity contribution >= 4 is 17.7 Å². The molecule has 0 aliphatic rings. The second kappa shape index (κ2) is 7.16. The van der Waals surface area contributed by atoms with E-state index < -0.39 is 17.5 Å². The fourth-order valence-electron chi connectivity index (χ4n) is 1.28. The van der Waals surface area contributed by atoms with Crippen LogP contribution in [0.1, 0.15) is 32.8 Å². The van der Waals surface area contributed by atoms with Crippen LogP contribution in [-0.2, 0) is 4.74 Å². The highest BCUT2D eigenvalue weighted by molar-refractivity contribution is 6.30. The molecule has 20 heavy (non-hydrogen) atoms. The average Bonchev–Trinajstić information content (AvgIpc) is 2.31. The van der Waals surface area contributed by atoms with Gasteiger partial charge in [-0.25, -0.2) is 9.18 Å². The zero-order valence-electron chi connectivity index (χ0n) is 11.7. The van der Waals surface area contributed by atoms with Crippen molar-refractivity contribution in [1.29, 1.82) is 0 Å². The van der Waals surface area contributed by atoms with Crippen LogP contribution in [0, 0.1) is 17.7 Å². The molecule has 3 nitrogen and oxygen atoms in total. The van der Waals surface area contributed by atoms with E-state index in [2.05, 4.69) is 17.2 Å². The molecule has 0 spiro atoms. The van der Waals surface area contributed by atoms with Gasteiger partial charge in [0.05, 0.1) is 5.02 Å². The molecule has 1 aromatic carbocycles. The number of halogens is 2. The van der Waals surface area contributed by atoms with Gasteiger partial charge in [0, 0.05) is 18.5 Å². The molecule has 0 saturated carbocycles. The zero-order chi connectivity index (χ0) is 15.2. The van der Waals surface area contributed by atoms with E-state index in [1.165, 1.54) is 12.1 Å². The Kier molecular flexibility index (Phi) is 5.84. The van der Waals surface area contributed by atoms with E-state index in [4.69, 9.17) is 16.3 Å². The molecular formula is C15H17ClFNO2. The summed E-state index contributed by atoms with van der Waals surface area (Å²) in [5, 5.41) is 2.66. The maximum absolute atomic E-state index is 13.1. The molecule has 1 amide bonds.